The lowest BCUT2D eigenvalue weighted by atomic mass is 9.86. The van der Waals surface area contributed by atoms with Gasteiger partial charge in [-0.25, -0.2) is 4.39 Å². The minimum atomic E-state index is -0.268. The van der Waals surface area contributed by atoms with E-state index in [0.717, 1.165) is 43.5 Å². The third-order valence-electron chi connectivity index (χ3n) is 8.54. The lowest BCUT2D eigenvalue weighted by molar-refractivity contribution is -0.136. The number of hydrogen-bond acceptors (Lipinski definition) is 3. The molecule has 2 unspecified atom stereocenters. The van der Waals surface area contributed by atoms with Crippen LogP contribution >= 0.6 is 0 Å². The zero-order valence-corrected chi connectivity index (χ0v) is 22.9. The van der Waals surface area contributed by atoms with Gasteiger partial charge in [-0.3, -0.25) is 9.69 Å². The van der Waals surface area contributed by atoms with Crippen LogP contribution in [0.3, 0.4) is 0 Å². The fourth-order valence-electron chi connectivity index (χ4n) is 6.49. The fraction of sp³-hybridized carbons (Fsp3) is 0.286. The number of carbonyl (C=O) groups is 1. The molecular weight excluding hydrogens is 499 g/mol. The Morgan fingerprint density at radius 3 is 2.33 bits per heavy atom. The number of ether oxygens (including phenoxy) is 1. The van der Waals surface area contributed by atoms with Crippen LogP contribution in [0.4, 0.5) is 4.39 Å². The van der Waals surface area contributed by atoms with Crippen molar-refractivity contribution in [3.63, 3.8) is 0 Å². The van der Waals surface area contributed by atoms with Crippen molar-refractivity contribution in [2.75, 3.05) is 20.2 Å². The highest BCUT2D eigenvalue weighted by Gasteiger charge is 2.35. The largest absolute Gasteiger partial charge is 0.496 e. The molecule has 0 bridgehead atoms. The Morgan fingerprint density at radius 2 is 1.52 bits per heavy atom. The minimum Gasteiger partial charge on any atom is -0.496 e. The number of carbonyl (C=O) groups excluding carboxylic acids is 1. The van der Waals surface area contributed by atoms with Crippen LogP contribution in [0.15, 0.2) is 97.1 Å². The smallest absolute Gasteiger partial charge is 0.237 e. The first kappa shape index (κ1) is 26.3. The summed E-state index contributed by atoms with van der Waals surface area (Å²) in [5.74, 6) is 0.580. The van der Waals surface area contributed by atoms with Crippen molar-refractivity contribution in [2.45, 2.75) is 44.3 Å². The molecule has 40 heavy (non-hydrogen) atoms. The van der Waals surface area contributed by atoms with E-state index in [1.54, 1.807) is 19.2 Å². The monoisotopic (exact) mass is 534 g/mol. The maximum atomic E-state index is 14.8. The topological polar surface area (TPSA) is 32.8 Å². The van der Waals surface area contributed by atoms with E-state index >= 15 is 0 Å². The van der Waals surface area contributed by atoms with Gasteiger partial charge in [-0.2, -0.15) is 0 Å². The molecule has 2 aliphatic rings. The number of hydrogen-bond donors (Lipinski definition) is 0. The lowest BCUT2D eigenvalue weighted by Gasteiger charge is -2.41. The molecule has 2 atom stereocenters. The van der Waals surface area contributed by atoms with Crippen molar-refractivity contribution in [3.8, 4) is 5.75 Å². The van der Waals surface area contributed by atoms with Crippen molar-refractivity contribution >= 4 is 5.91 Å². The van der Waals surface area contributed by atoms with E-state index in [2.05, 4.69) is 59.5 Å². The molecule has 204 valence electrons. The van der Waals surface area contributed by atoms with Gasteiger partial charge in [-0.05, 0) is 60.1 Å². The molecule has 0 spiro atoms. The molecule has 0 saturated heterocycles. The van der Waals surface area contributed by atoms with Gasteiger partial charge in [0, 0.05) is 30.3 Å². The van der Waals surface area contributed by atoms with E-state index in [-0.39, 0.29) is 36.9 Å². The predicted octanol–water partition coefficient (Wildman–Crippen LogP) is 6.37. The van der Waals surface area contributed by atoms with Gasteiger partial charge >= 0.3 is 0 Å². The number of fused-ring (bicyclic) bond motifs is 2. The van der Waals surface area contributed by atoms with Gasteiger partial charge in [0.25, 0.3) is 0 Å². The highest BCUT2D eigenvalue weighted by atomic mass is 19.1. The number of para-hydroxylation sites is 1. The van der Waals surface area contributed by atoms with Gasteiger partial charge in [0.2, 0.25) is 5.91 Å². The van der Waals surface area contributed by atoms with Crippen LogP contribution in [0.5, 0.6) is 5.75 Å². The highest BCUT2D eigenvalue weighted by molar-refractivity contribution is 5.79. The van der Waals surface area contributed by atoms with E-state index < -0.39 is 0 Å². The molecule has 0 radical (unpaired) electrons. The zero-order chi connectivity index (χ0) is 27.5. The van der Waals surface area contributed by atoms with Gasteiger partial charge in [-0.1, -0.05) is 84.9 Å². The average Bonchev–Trinajstić information content (AvgIpc) is 3.00. The maximum Gasteiger partial charge on any atom is 0.237 e. The fourth-order valence-corrected chi connectivity index (χ4v) is 6.49. The standard InChI is InChI=1S/C35H35FN2O2/c1-40-33-17-9-7-15-31(33)35-30-14-6-4-11-26(30)20-21-37(35)24-34(39)38(23-28-13-5-8-16-32(28)36)29-19-18-25-10-2-3-12-27(25)22-29/h2-17,29,35H,18-24H2,1H3. The molecule has 4 aromatic carbocycles. The summed E-state index contributed by atoms with van der Waals surface area (Å²) in [6.07, 6.45) is 3.45. The zero-order valence-electron chi connectivity index (χ0n) is 22.9. The normalized spacial score (nSPS) is 18.4. The third kappa shape index (κ3) is 5.26. The van der Waals surface area contributed by atoms with Gasteiger partial charge in [-0.15, -0.1) is 0 Å². The van der Waals surface area contributed by atoms with Gasteiger partial charge in [0.1, 0.15) is 11.6 Å². The Bertz CT molecular complexity index is 1500. The molecular formula is C35H35FN2O2. The van der Waals surface area contributed by atoms with Crippen LogP contribution in [-0.4, -0.2) is 41.9 Å². The van der Waals surface area contributed by atoms with Crippen molar-refractivity contribution in [1.29, 1.82) is 0 Å². The van der Waals surface area contributed by atoms with E-state index in [9.17, 15) is 9.18 Å². The first-order valence-corrected chi connectivity index (χ1v) is 14.2. The Kier molecular flexibility index (Phi) is 7.65. The highest BCUT2D eigenvalue weighted by Crippen LogP contribution is 2.39. The molecule has 0 aromatic heterocycles. The molecule has 0 N–H and O–H groups in total. The molecule has 4 nitrogen and oxygen atoms in total. The Hall–Kier alpha value is -3.96. The van der Waals surface area contributed by atoms with Crippen molar-refractivity contribution in [2.24, 2.45) is 0 Å². The summed E-state index contributed by atoms with van der Waals surface area (Å²) in [6.45, 7) is 1.28. The number of aryl methyl sites for hydroxylation is 1. The molecule has 6 rings (SSSR count). The van der Waals surface area contributed by atoms with E-state index in [0.29, 0.717) is 5.56 Å². The summed E-state index contributed by atoms with van der Waals surface area (Å²) >= 11 is 0. The second kappa shape index (κ2) is 11.6. The first-order valence-electron chi connectivity index (χ1n) is 14.2. The Labute approximate surface area is 236 Å². The van der Waals surface area contributed by atoms with Crippen LogP contribution in [0, 0.1) is 5.82 Å². The van der Waals surface area contributed by atoms with Crippen molar-refractivity contribution in [1.82, 2.24) is 9.80 Å². The molecule has 1 heterocycles. The molecule has 0 saturated carbocycles. The van der Waals surface area contributed by atoms with Gasteiger partial charge < -0.3 is 9.64 Å². The van der Waals surface area contributed by atoms with Crippen LogP contribution in [0.1, 0.15) is 45.8 Å². The minimum absolute atomic E-state index is 0.0174. The predicted molar refractivity (Wildman–Crippen MR) is 156 cm³/mol. The molecule has 1 aliphatic carbocycles. The van der Waals surface area contributed by atoms with Crippen molar-refractivity contribution in [3.05, 3.63) is 136 Å². The number of halogens is 1. The SMILES string of the molecule is COc1ccccc1C1c2ccccc2CCN1CC(=O)N(Cc1ccccc1F)C1CCc2ccccc2C1. The summed E-state index contributed by atoms with van der Waals surface area (Å²) in [6, 6.07) is 31.8. The van der Waals surface area contributed by atoms with Crippen LogP contribution in [0.2, 0.25) is 0 Å². The molecule has 1 aliphatic heterocycles. The number of benzene rings is 4. The lowest BCUT2D eigenvalue weighted by Crippen LogP contribution is -2.49. The summed E-state index contributed by atoms with van der Waals surface area (Å²) in [5.41, 5.74) is 6.74. The van der Waals surface area contributed by atoms with Crippen molar-refractivity contribution < 1.29 is 13.9 Å². The molecule has 1 amide bonds. The third-order valence-corrected chi connectivity index (χ3v) is 8.54. The first-order chi connectivity index (χ1) is 19.6. The van der Waals surface area contributed by atoms with Gasteiger partial charge in [0.15, 0.2) is 0 Å². The number of rotatable bonds is 7. The average molecular weight is 535 g/mol. The van der Waals surface area contributed by atoms with Crippen LogP contribution in [-0.2, 0) is 30.6 Å². The summed E-state index contributed by atoms with van der Waals surface area (Å²) < 4.78 is 20.6. The second-order valence-corrected chi connectivity index (χ2v) is 10.8. The summed E-state index contributed by atoms with van der Waals surface area (Å²) in [7, 11) is 1.69. The van der Waals surface area contributed by atoms with E-state index in [1.165, 1.54) is 28.3 Å². The number of nitrogens with zero attached hydrogens (tertiary/aromatic N) is 2. The molecule has 4 aromatic rings. The van der Waals surface area contributed by atoms with E-state index in [1.807, 2.05) is 29.2 Å². The van der Waals surface area contributed by atoms with E-state index in [4.69, 9.17) is 4.74 Å². The van der Waals surface area contributed by atoms with Crippen LogP contribution < -0.4 is 4.74 Å². The Balaban J connectivity index is 1.33. The number of amides is 1. The summed E-state index contributed by atoms with van der Waals surface area (Å²) in [4.78, 5) is 18.5. The molecule has 0 fully saturated rings. The Morgan fingerprint density at radius 1 is 0.850 bits per heavy atom. The van der Waals surface area contributed by atoms with Gasteiger partial charge in [0.05, 0.1) is 19.7 Å². The van der Waals surface area contributed by atoms with Crippen LogP contribution in [0.25, 0.3) is 0 Å². The maximum absolute atomic E-state index is 14.8. The second-order valence-electron chi connectivity index (χ2n) is 10.8. The number of methoxy groups -OCH3 is 1. The quantitative estimate of drug-likeness (QED) is 0.276. The molecule has 5 heteroatoms. The summed E-state index contributed by atoms with van der Waals surface area (Å²) in [5, 5.41) is 0.